The van der Waals surface area contributed by atoms with Crippen LogP contribution in [0.2, 0.25) is 0 Å². The van der Waals surface area contributed by atoms with Crippen molar-refractivity contribution in [1.82, 2.24) is 4.90 Å². The SMILES string of the molecule is CCC(CC)(CO)N1CCCCCC1. The zero-order valence-electron chi connectivity index (χ0n) is 9.76. The van der Waals surface area contributed by atoms with E-state index in [0.29, 0.717) is 6.61 Å². The van der Waals surface area contributed by atoms with Crippen LogP contribution in [0.15, 0.2) is 0 Å². The van der Waals surface area contributed by atoms with E-state index >= 15 is 0 Å². The minimum Gasteiger partial charge on any atom is -0.394 e. The molecular formula is C12H25NO. The average Bonchev–Trinajstić information content (AvgIpc) is 2.51. The first-order chi connectivity index (χ1) is 6.79. The molecule has 0 saturated carbocycles. The summed E-state index contributed by atoms with van der Waals surface area (Å²) in [4.78, 5) is 2.53. The van der Waals surface area contributed by atoms with Gasteiger partial charge in [-0.25, -0.2) is 0 Å². The van der Waals surface area contributed by atoms with Crippen molar-refractivity contribution in [3.05, 3.63) is 0 Å². The molecule has 1 saturated heterocycles. The van der Waals surface area contributed by atoms with Gasteiger partial charge in [0.1, 0.15) is 0 Å². The topological polar surface area (TPSA) is 23.5 Å². The fourth-order valence-corrected chi connectivity index (χ4v) is 2.57. The molecule has 0 amide bonds. The van der Waals surface area contributed by atoms with Gasteiger partial charge < -0.3 is 5.11 Å². The molecule has 0 spiro atoms. The molecule has 14 heavy (non-hydrogen) atoms. The summed E-state index contributed by atoms with van der Waals surface area (Å²) in [5, 5.41) is 9.58. The van der Waals surface area contributed by atoms with E-state index in [1.165, 1.54) is 38.8 Å². The van der Waals surface area contributed by atoms with Crippen molar-refractivity contribution in [2.24, 2.45) is 0 Å². The fraction of sp³-hybridized carbons (Fsp3) is 1.00. The number of rotatable bonds is 4. The van der Waals surface area contributed by atoms with Crippen LogP contribution in [0, 0.1) is 0 Å². The Morgan fingerprint density at radius 2 is 1.50 bits per heavy atom. The maximum atomic E-state index is 9.58. The van der Waals surface area contributed by atoms with Gasteiger partial charge >= 0.3 is 0 Å². The molecular weight excluding hydrogens is 174 g/mol. The minimum atomic E-state index is 0.0738. The molecule has 2 heteroatoms. The fourth-order valence-electron chi connectivity index (χ4n) is 2.57. The van der Waals surface area contributed by atoms with E-state index < -0.39 is 0 Å². The third-order valence-corrected chi connectivity index (χ3v) is 3.89. The lowest BCUT2D eigenvalue weighted by molar-refractivity contribution is 0.0246. The Labute approximate surface area is 88.3 Å². The molecule has 1 N–H and O–H groups in total. The normalized spacial score (nSPS) is 20.8. The summed E-state index contributed by atoms with van der Waals surface area (Å²) >= 11 is 0. The third kappa shape index (κ3) is 2.48. The predicted molar refractivity (Wildman–Crippen MR) is 60.4 cm³/mol. The highest BCUT2D eigenvalue weighted by Crippen LogP contribution is 2.26. The van der Waals surface area contributed by atoms with Crippen LogP contribution < -0.4 is 0 Å². The molecule has 0 aromatic heterocycles. The molecule has 1 aliphatic heterocycles. The van der Waals surface area contributed by atoms with Crippen molar-refractivity contribution in [2.45, 2.75) is 57.9 Å². The van der Waals surface area contributed by atoms with Gasteiger partial charge in [-0.05, 0) is 38.8 Å². The zero-order valence-corrected chi connectivity index (χ0v) is 9.76. The average molecular weight is 199 g/mol. The van der Waals surface area contributed by atoms with Crippen LogP contribution in [-0.2, 0) is 0 Å². The van der Waals surface area contributed by atoms with Crippen LogP contribution in [0.1, 0.15) is 52.4 Å². The summed E-state index contributed by atoms with van der Waals surface area (Å²) < 4.78 is 0. The maximum Gasteiger partial charge on any atom is 0.0615 e. The molecule has 0 aromatic carbocycles. The van der Waals surface area contributed by atoms with Crippen molar-refractivity contribution in [3.63, 3.8) is 0 Å². The number of aliphatic hydroxyl groups excluding tert-OH is 1. The molecule has 0 atom stereocenters. The second kappa shape index (κ2) is 5.72. The van der Waals surface area contributed by atoms with Crippen LogP contribution in [-0.4, -0.2) is 35.2 Å². The lowest BCUT2D eigenvalue weighted by Crippen LogP contribution is -2.51. The highest BCUT2D eigenvalue weighted by atomic mass is 16.3. The summed E-state index contributed by atoms with van der Waals surface area (Å²) in [6.45, 7) is 7.08. The van der Waals surface area contributed by atoms with E-state index in [1.54, 1.807) is 0 Å². The number of nitrogens with zero attached hydrogens (tertiary/aromatic N) is 1. The van der Waals surface area contributed by atoms with Gasteiger partial charge in [-0.3, -0.25) is 4.90 Å². The quantitative estimate of drug-likeness (QED) is 0.751. The Bertz CT molecular complexity index is 138. The van der Waals surface area contributed by atoms with E-state index in [1.807, 2.05) is 0 Å². The highest BCUT2D eigenvalue weighted by molar-refractivity contribution is 4.88. The Balaban J connectivity index is 2.64. The van der Waals surface area contributed by atoms with Crippen molar-refractivity contribution < 1.29 is 5.11 Å². The van der Waals surface area contributed by atoms with Crippen molar-refractivity contribution in [3.8, 4) is 0 Å². The van der Waals surface area contributed by atoms with E-state index in [0.717, 1.165) is 12.8 Å². The molecule has 0 radical (unpaired) electrons. The molecule has 1 aliphatic rings. The van der Waals surface area contributed by atoms with Crippen LogP contribution >= 0.6 is 0 Å². The first-order valence-corrected chi connectivity index (χ1v) is 6.15. The third-order valence-electron chi connectivity index (χ3n) is 3.89. The van der Waals surface area contributed by atoms with Gasteiger partial charge in [0.05, 0.1) is 6.61 Å². The van der Waals surface area contributed by atoms with Gasteiger partial charge in [-0.15, -0.1) is 0 Å². The number of hydrogen-bond acceptors (Lipinski definition) is 2. The molecule has 0 unspecified atom stereocenters. The number of hydrogen-bond donors (Lipinski definition) is 1. The highest BCUT2D eigenvalue weighted by Gasteiger charge is 2.32. The second-order valence-corrected chi connectivity index (χ2v) is 4.49. The standard InChI is InChI=1S/C12H25NO/c1-3-12(4-2,11-14)13-9-7-5-6-8-10-13/h14H,3-11H2,1-2H3. The van der Waals surface area contributed by atoms with E-state index in [-0.39, 0.29) is 5.54 Å². The van der Waals surface area contributed by atoms with Gasteiger partial charge in [0, 0.05) is 5.54 Å². The maximum absolute atomic E-state index is 9.58. The molecule has 1 rings (SSSR count). The van der Waals surface area contributed by atoms with E-state index in [2.05, 4.69) is 18.7 Å². The summed E-state index contributed by atoms with van der Waals surface area (Å²) in [5.74, 6) is 0. The van der Waals surface area contributed by atoms with E-state index in [9.17, 15) is 5.11 Å². The summed E-state index contributed by atoms with van der Waals surface area (Å²) in [6, 6.07) is 0. The number of likely N-dealkylation sites (tertiary alicyclic amines) is 1. The lowest BCUT2D eigenvalue weighted by atomic mass is 9.91. The van der Waals surface area contributed by atoms with Crippen LogP contribution in [0.25, 0.3) is 0 Å². The van der Waals surface area contributed by atoms with Gasteiger partial charge in [0.2, 0.25) is 0 Å². The molecule has 0 aliphatic carbocycles. The molecule has 84 valence electrons. The van der Waals surface area contributed by atoms with Crippen molar-refractivity contribution >= 4 is 0 Å². The lowest BCUT2D eigenvalue weighted by Gasteiger charge is -2.41. The molecule has 1 fully saturated rings. The molecule has 2 nitrogen and oxygen atoms in total. The Hall–Kier alpha value is -0.0800. The summed E-state index contributed by atoms with van der Waals surface area (Å²) in [5.41, 5.74) is 0.0738. The van der Waals surface area contributed by atoms with Gasteiger partial charge in [-0.1, -0.05) is 26.7 Å². The van der Waals surface area contributed by atoms with Crippen LogP contribution in [0.4, 0.5) is 0 Å². The molecule has 0 aromatic rings. The largest absolute Gasteiger partial charge is 0.394 e. The summed E-state index contributed by atoms with van der Waals surface area (Å²) in [6.07, 6.45) is 7.49. The Morgan fingerprint density at radius 3 is 1.86 bits per heavy atom. The first kappa shape index (κ1) is 12.0. The van der Waals surface area contributed by atoms with Gasteiger partial charge in [0.25, 0.3) is 0 Å². The van der Waals surface area contributed by atoms with Gasteiger partial charge in [0.15, 0.2) is 0 Å². The zero-order chi connectivity index (χ0) is 10.4. The molecule has 0 bridgehead atoms. The first-order valence-electron chi connectivity index (χ1n) is 6.15. The second-order valence-electron chi connectivity index (χ2n) is 4.49. The summed E-state index contributed by atoms with van der Waals surface area (Å²) in [7, 11) is 0. The smallest absolute Gasteiger partial charge is 0.0615 e. The van der Waals surface area contributed by atoms with Crippen molar-refractivity contribution in [2.75, 3.05) is 19.7 Å². The Kier molecular flexibility index (Phi) is 4.90. The minimum absolute atomic E-state index is 0.0738. The molecule has 1 heterocycles. The predicted octanol–water partition coefficient (Wildman–Crippen LogP) is 2.41. The van der Waals surface area contributed by atoms with Crippen LogP contribution in [0.5, 0.6) is 0 Å². The monoisotopic (exact) mass is 199 g/mol. The Morgan fingerprint density at radius 1 is 1.00 bits per heavy atom. The van der Waals surface area contributed by atoms with E-state index in [4.69, 9.17) is 0 Å². The number of aliphatic hydroxyl groups is 1. The van der Waals surface area contributed by atoms with Gasteiger partial charge in [-0.2, -0.15) is 0 Å². The van der Waals surface area contributed by atoms with Crippen molar-refractivity contribution in [1.29, 1.82) is 0 Å². The van der Waals surface area contributed by atoms with Crippen LogP contribution in [0.3, 0.4) is 0 Å².